The largest absolute Gasteiger partial charge is 0.393 e. The molecule has 3 aromatic heterocycles. The molecule has 0 saturated carbocycles. The summed E-state index contributed by atoms with van der Waals surface area (Å²) in [5.41, 5.74) is 5.37. The van der Waals surface area contributed by atoms with Crippen LogP contribution in [-0.2, 0) is 18.3 Å². The lowest BCUT2D eigenvalue weighted by atomic mass is 10.1. The van der Waals surface area contributed by atoms with E-state index >= 15 is 0 Å². The quantitative estimate of drug-likeness (QED) is 0.308. The van der Waals surface area contributed by atoms with Crippen LogP contribution in [0.4, 0.5) is 0 Å². The molecule has 0 fully saturated rings. The lowest BCUT2D eigenvalue weighted by Gasteiger charge is -2.05. The second-order valence-electron chi connectivity index (χ2n) is 6.31. The number of hydrogen-bond acceptors (Lipinski definition) is 6. The number of oxime groups is 1. The Morgan fingerprint density at radius 2 is 2.00 bits per heavy atom. The molecule has 0 spiro atoms. The van der Waals surface area contributed by atoms with Crippen molar-refractivity contribution in [1.29, 1.82) is 0 Å². The van der Waals surface area contributed by atoms with Crippen molar-refractivity contribution >= 4 is 22.3 Å². The van der Waals surface area contributed by atoms with Crippen LogP contribution in [0.15, 0.2) is 47.9 Å². The number of aromatic nitrogens is 5. The second kappa shape index (κ2) is 9.29. The number of aliphatic hydroxyl groups excluding tert-OH is 1. The van der Waals surface area contributed by atoms with Crippen molar-refractivity contribution in [3.8, 4) is 0 Å². The van der Waals surface area contributed by atoms with E-state index in [4.69, 9.17) is 9.94 Å². The van der Waals surface area contributed by atoms with Gasteiger partial charge in [0.05, 0.1) is 30.2 Å². The molecule has 29 heavy (non-hydrogen) atoms. The molecule has 0 amide bonds. The number of nitrogens with zero attached hydrogens (tertiary/aromatic N) is 6. The van der Waals surface area contributed by atoms with E-state index in [-0.39, 0.29) is 13.2 Å². The van der Waals surface area contributed by atoms with E-state index in [2.05, 4.69) is 38.5 Å². The van der Waals surface area contributed by atoms with Crippen molar-refractivity contribution in [2.45, 2.75) is 27.2 Å². The van der Waals surface area contributed by atoms with Crippen LogP contribution in [0, 0.1) is 0 Å². The molecule has 0 saturated heterocycles. The molecule has 0 atom stereocenters. The lowest BCUT2D eigenvalue weighted by Crippen LogP contribution is -2.07. The smallest absolute Gasteiger partial charge is 0.153 e. The summed E-state index contributed by atoms with van der Waals surface area (Å²) in [7, 11) is 1.94. The van der Waals surface area contributed by atoms with Gasteiger partial charge >= 0.3 is 0 Å². The molecule has 152 valence electrons. The zero-order valence-corrected chi connectivity index (χ0v) is 17.2. The first kappa shape index (κ1) is 20.5. The molecule has 0 bridgehead atoms. The van der Waals surface area contributed by atoms with Gasteiger partial charge in [-0.15, -0.1) is 0 Å². The standard InChI is InChI=1S/C19H20N6O2.C2H6/c1-13(23-27-8-7-26)17-4-6-19-20-12-16(25(19)22-17)10-14-3-5-18-15(9-14)11-21-24(18)2;1-2/h3-6,9,11-12,26H,7-8,10H2,1-2H3;1-2H3/b23-13+;. The maximum absolute atomic E-state index is 8.78. The Morgan fingerprint density at radius 1 is 1.17 bits per heavy atom. The van der Waals surface area contributed by atoms with Crippen LogP contribution in [0.2, 0.25) is 0 Å². The van der Waals surface area contributed by atoms with Gasteiger partial charge in [-0.25, -0.2) is 9.50 Å². The SMILES string of the molecule is C/C(=N\OCCO)c1ccc2ncc(Cc3ccc4c(cnn4C)c3)n2n1.CC. The Hall–Kier alpha value is -3.26. The fourth-order valence-corrected chi connectivity index (χ4v) is 3.00. The highest BCUT2D eigenvalue weighted by atomic mass is 16.6. The third kappa shape index (κ3) is 4.43. The second-order valence-corrected chi connectivity index (χ2v) is 6.31. The summed E-state index contributed by atoms with van der Waals surface area (Å²) in [5.74, 6) is 0. The highest BCUT2D eigenvalue weighted by Crippen LogP contribution is 2.18. The molecule has 1 aromatic carbocycles. The van der Waals surface area contributed by atoms with Crippen LogP contribution >= 0.6 is 0 Å². The molecule has 3 heterocycles. The third-order valence-corrected chi connectivity index (χ3v) is 4.38. The number of imidazole rings is 1. The van der Waals surface area contributed by atoms with E-state index in [1.54, 1.807) is 0 Å². The third-order valence-electron chi connectivity index (χ3n) is 4.38. The minimum absolute atomic E-state index is 0.0732. The minimum Gasteiger partial charge on any atom is -0.393 e. The van der Waals surface area contributed by atoms with Gasteiger partial charge in [0.2, 0.25) is 0 Å². The first-order valence-corrected chi connectivity index (χ1v) is 9.68. The summed E-state index contributed by atoms with van der Waals surface area (Å²) in [6.45, 7) is 5.90. The van der Waals surface area contributed by atoms with Crippen molar-refractivity contribution in [3.05, 3.63) is 59.7 Å². The van der Waals surface area contributed by atoms with Gasteiger partial charge in [0.25, 0.3) is 0 Å². The number of aliphatic hydroxyl groups is 1. The van der Waals surface area contributed by atoms with Crippen LogP contribution in [0.25, 0.3) is 16.6 Å². The molecule has 0 radical (unpaired) electrons. The molecule has 4 rings (SSSR count). The summed E-state index contributed by atoms with van der Waals surface area (Å²) in [6.07, 6.45) is 4.42. The van der Waals surface area contributed by atoms with Crippen molar-refractivity contribution in [2.24, 2.45) is 12.2 Å². The molecule has 0 unspecified atom stereocenters. The van der Waals surface area contributed by atoms with Gasteiger partial charge in [-0.1, -0.05) is 25.1 Å². The summed E-state index contributed by atoms with van der Waals surface area (Å²) < 4.78 is 3.69. The van der Waals surface area contributed by atoms with Gasteiger partial charge in [0, 0.05) is 18.9 Å². The van der Waals surface area contributed by atoms with Crippen molar-refractivity contribution in [3.63, 3.8) is 0 Å². The average molecular weight is 394 g/mol. The fraction of sp³-hybridized carbons (Fsp3) is 0.333. The first-order chi connectivity index (χ1) is 14.2. The van der Waals surface area contributed by atoms with Gasteiger partial charge in [0.1, 0.15) is 18.0 Å². The average Bonchev–Trinajstić information content (AvgIpc) is 3.32. The van der Waals surface area contributed by atoms with E-state index in [1.165, 1.54) is 5.56 Å². The summed E-state index contributed by atoms with van der Waals surface area (Å²) in [5, 5.41) is 22.8. The Balaban J connectivity index is 0.00000117. The van der Waals surface area contributed by atoms with Gasteiger partial charge in [-0.2, -0.15) is 10.2 Å². The highest BCUT2D eigenvalue weighted by molar-refractivity contribution is 5.96. The fourth-order valence-electron chi connectivity index (χ4n) is 3.00. The minimum atomic E-state index is -0.0732. The molecule has 0 aliphatic carbocycles. The molecule has 8 nitrogen and oxygen atoms in total. The highest BCUT2D eigenvalue weighted by Gasteiger charge is 2.10. The van der Waals surface area contributed by atoms with E-state index in [9.17, 15) is 0 Å². The molecule has 0 aliphatic rings. The van der Waals surface area contributed by atoms with Gasteiger partial charge in [-0.3, -0.25) is 4.68 Å². The van der Waals surface area contributed by atoms with Crippen molar-refractivity contribution < 1.29 is 9.94 Å². The van der Waals surface area contributed by atoms with Crippen LogP contribution in [0.3, 0.4) is 0 Å². The first-order valence-electron chi connectivity index (χ1n) is 9.68. The predicted molar refractivity (Wildman–Crippen MR) is 113 cm³/mol. The van der Waals surface area contributed by atoms with Crippen LogP contribution in [0.1, 0.15) is 37.7 Å². The molecule has 0 aliphatic heterocycles. The van der Waals surface area contributed by atoms with Crippen LogP contribution in [0.5, 0.6) is 0 Å². The van der Waals surface area contributed by atoms with Gasteiger partial charge in [0.15, 0.2) is 5.65 Å². The summed E-state index contributed by atoms with van der Waals surface area (Å²) >= 11 is 0. The summed E-state index contributed by atoms with van der Waals surface area (Å²) in [6, 6.07) is 10.1. The normalized spacial score (nSPS) is 11.6. The van der Waals surface area contributed by atoms with E-state index < -0.39 is 0 Å². The molecule has 8 heteroatoms. The number of rotatable bonds is 6. The number of fused-ring (bicyclic) bond motifs is 2. The molecule has 4 aromatic rings. The Labute approximate surface area is 169 Å². The summed E-state index contributed by atoms with van der Waals surface area (Å²) in [4.78, 5) is 9.46. The van der Waals surface area contributed by atoms with Gasteiger partial charge < -0.3 is 9.94 Å². The number of benzene rings is 1. The topological polar surface area (TPSA) is 89.8 Å². The lowest BCUT2D eigenvalue weighted by molar-refractivity contribution is 0.0986. The Morgan fingerprint density at radius 3 is 2.79 bits per heavy atom. The Kier molecular flexibility index (Phi) is 6.56. The molecular weight excluding hydrogens is 368 g/mol. The van der Waals surface area contributed by atoms with Crippen LogP contribution < -0.4 is 0 Å². The van der Waals surface area contributed by atoms with Crippen LogP contribution in [-0.4, -0.2) is 48.4 Å². The molecule has 1 N–H and O–H groups in total. The monoisotopic (exact) mass is 394 g/mol. The maximum atomic E-state index is 8.78. The number of aryl methyl sites for hydroxylation is 1. The predicted octanol–water partition coefficient (Wildman–Crippen LogP) is 2.97. The van der Waals surface area contributed by atoms with Gasteiger partial charge in [-0.05, 0) is 36.8 Å². The van der Waals surface area contributed by atoms with Crippen molar-refractivity contribution in [2.75, 3.05) is 13.2 Å². The molecular formula is C21H26N6O2. The Bertz CT molecular complexity index is 1130. The van der Waals surface area contributed by atoms with E-state index in [1.807, 2.05) is 61.5 Å². The zero-order valence-electron chi connectivity index (χ0n) is 17.2. The van der Waals surface area contributed by atoms with Crippen molar-refractivity contribution in [1.82, 2.24) is 24.4 Å². The maximum Gasteiger partial charge on any atom is 0.153 e. The zero-order chi connectivity index (χ0) is 20.8. The van der Waals surface area contributed by atoms with E-state index in [0.29, 0.717) is 17.8 Å². The van der Waals surface area contributed by atoms with E-state index in [0.717, 1.165) is 22.2 Å². The number of hydrogen-bond donors (Lipinski definition) is 1.